The number of hydrogen-bond donors (Lipinski definition) is 1. The quantitative estimate of drug-likeness (QED) is 0.548. The summed E-state index contributed by atoms with van der Waals surface area (Å²) in [7, 11) is 0. The lowest BCUT2D eigenvalue weighted by atomic mass is 10.0. The van der Waals surface area contributed by atoms with E-state index in [2.05, 4.69) is 5.32 Å². The maximum Gasteiger partial charge on any atom is 0.243 e. The van der Waals surface area contributed by atoms with Gasteiger partial charge in [0.05, 0.1) is 6.42 Å². The number of rotatable bonds is 7. The molecule has 2 rings (SSSR count). The SMILES string of the molecule is CC[C@H](C(=O)NC(C)(C)C)N(Cc1ccc(Cl)cc1)C(=O)Cc1ccc(Cl)cc1Cl. The monoisotopic (exact) mass is 468 g/mol. The van der Waals surface area contributed by atoms with Gasteiger partial charge in [0.2, 0.25) is 11.8 Å². The van der Waals surface area contributed by atoms with Crippen molar-refractivity contribution in [3.05, 3.63) is 68.7 Å². The maximum absolute atomic E-state index is 13.3. The fraction of sp³-hybridized carbons (Fsp3) is 0.391. The summed E-state index contributed by atoms with van der Waals surface area (Å²) in [5.41, 5.74) is 1.15. The summed E-state index contributed by atoms with van der Waals surface area (Å²) in [4.78, 5) is 27.9. The standard InChI is InChI=1S/C23H27Cl3N2O2/c1-5-20(22(30)27-23(2,3)4)28(14-15-6-9-17(24)10-7-15)21(29)12-16-8-11-18(25)13-19(16)26/h6-11,13,20H,5,12,14H2,1-4H3,(H,27,30)/t20-/m1/s1. The van der Waals surface area contributed by atoms with Crippen molar-refractivity contribution in [3.8, 4) is 0 Å². The van der Waals surface area contributed by atoms with Crippen molar-refractivity contribution < 1.29 is 9.59 Å². The third-order valence-corrected chi connectivity index (χ3v) is 5.35. The average Bonchev–Trinajstić information content (AvgIpc) is 2.64. The predicted octanol–water partition coefficient (Wildman–Crippen LogP) is 5.91. The van der Waals surface area contributed by atoms with Gasteiger partial charge in [-0.1, -0.05) is 59.9 Å². The molecule has 4 nitrogen and oxygen atoms in total. The van der Waals surface area contributed by atoms with Crippen molar-refractivity contribution >= 4 is 46.6 Å². The Morgan fingerprint density at radius 3 is 2.13 bits per heavy atom. The third-order valence-electron chi connectivity index (χ3n) is 4.51. The molecule has 0 bridgehead atoms. The van der Waals surface area contributed by atoms with Crippen LogP contribution in [0.4, 0.5) is 0 Å². The molecule has 0 aliphatic rings. The van der Waals surface area contributed by atoms with Crippen molar-refractivity contribution in [2.75, 3.05) is 0 Å². The van der Waals surface area contributed by atoms with E-state index >= 15 is 0 Å². The largest absolute Gasteiger partial charge is 0.350 e. The van der Waals surface area contributed by atoms with Gasteiger partial charge in [0.1, 0.15) is 6.04 Å². The molecule has 0 saturated carbocycles. The van der Waals surface area contributed by atoms with E-state index < -0.39 is 11.6 Å². The predicted molar refractivity (Wildman–Crippen MR) is 124 cm³/mol. The van der Waals surface area contributed by atoms with Crippen molar-refractivity contribution in [1.29, 1.82) is 0 Å². The average molecular weight is 470 g/mol. The topological polar surface area (TPSA) is 49.4 Å². The van der Waals surface area contributed by atoms with E-state index in [-0.39, 0.29) is 24.8 Å². The normalized spacial score (nSPS) is 12.4. The lowest BCUT2D eigenvalue weighted by Gasteiger charge is -2.33. The summed E-state index contributed by atoms with van der Waals surface area (Å²) in [6.07, 6.45) is 0.554. The van der Waals surface area contributed by atoms with Crippen molar-refractivity contribution in [2.24, 2.45) is 0 Å². The van der Waals surface area contributed by atoms with E-state index in [9.17, 15) is 9.59 Å². The molecular formula is C23H27Cl3N2O2. The van der Waals surface area contributed by atoms with Crippen LogP contribution in [-0.4, -0.2) is 28.3 Å². The van der Waals surface area contributed by atoms with Crippen LogP contribution in [0.5, 0.6) is 0 Å². The van der Waals surface area contributed by atoms with Gasteiger partial charge in [-0.15, -0.1) is 0 Å². The Morgan fingerprint density at radius 1 is 1.00 bits per heavy atom. The van der Waals surface area contributed by atoms with Crippen LogP contribution >= 0.6 is 34.8 Å². The van der Waals surface area contributed by atoms with Crippen LogP contribution in [-0.2, 0) is 22.6 Å². The number of nitrogens with one attached hydrogen (secondary N) is 1. The highest BCUT2D eigenvalue weighted by Gasteiger charge is 2.30. The number of carbonyl (C=O) groups excluding carboxylic acids is 2. The van der Waals surface area contributed by atoms with Crippen LogP contribution in [0.1, 0.15) is 45.2 Å². The number of benzene rings is 2. The van der Waals surface area contributed by atoms with Crippen LogP contribution in [0.2, 0.25) is 15.1 Å². The van der Waals surface area contributed by atoms with E-state index in [1.165, 1.54) is 0 Å². The lowest BCUT2D eigenvalue weighted by Crippen LogP contribution is -2.53. The molecule has 0 fully saturated rings. The zero-order valence-corrected chi connectivity index (χ0v) is 19.9. The smallest absolute Gasteiger partial charge is 0.243 e. The Morgan fingerprint density at radius 2 is 1.60 bits per heavy atom. The molecule has 0 unspecified atom stereocenters. The van der Waals surface area contributed by atoms with Crippen LogP contribution in [0.25, 0.3) is 0 Å². The van der Waals surface area contributed by atoms with Crippen molar-refractivity contribution in [1.82, 2.24) is 10.2 Å². The second-order valence-electron chi connectivity index (χ2n) is 8.22. The Kier molecular flexibility index (Phi) is 8.60. The van der Waals surface area contributed by atoms with Gasteiger partial charge >= 0.3 is 0 Å². The number of hydrogen-bond acceptors (Lipinski definition) is 2. The molecule has 0 aliphatic carbocycles. The summed E-state index contributed by atoms with van der Waals surface area (Å²) in [5, 5.41) is 4.53. The molecule has 0 radical (unpaired) electrons. The van der Waals surface area contributed by atoms with Gasteiger partial charge in [0.15, 0.2) is 0 Å². The molecule has 2 aromatic carbocycles. The highest BCUT2D eigenvalue weighted by molar-refractivity contribution is 6.35. The van der Waals surface area contributed by atoms with Gasteiger partial charge in [-0.3, -0.25) is 9.59 Å². The molecule has 1 N–H and O–H groups in total. The van der Waals surface area contributed by atoms with Crippen molar-refractivity contribution in [2.45, 2.75) is 58.7 Å². The first kappa shape index (κ1) is 24.5. The number of nitrogens with zero attached hydrogens (tertiary/aromatic N) is 1. The van der Waals surface area contributed by atoms with Gasteiger partial charge in [0, 0.05) is 27.2 Å². The molecule has 0 aliphatic heterocycles. The Bertz CT molecular complexity index is 892. The highest BCUT2D eigenvalue weighted by atomic mass is 35.5. The molecule has 2 amide bonds. The Hall–Kier alpha value is -1.75. The first-order chi connectivity index (χ1) is 14.0. The Labute approximate surface area is 193 Å². The number of carbonyl (C=O) groups is 2. The molecule has 1 atom stereocenters. The third kappa shape index (κ3) is 7.19. The summed E-state index contributed by atoms with van der Waals surface area (Å²) in [6.45, 7) is 7.92. The summed E-state index contributed by atoms with van der Waals surface area (Å²) >= 11 is 18.2. The van der Waals surface area contributed by atoms with Crippen molar-refractivity contribution in [3.63, 3.8) is 0 Å². The molecule has 30 heavy (non-hydrogen) atoms. The van der Waals surface area contributed by atoms with Crippen LogP contribution in [0, 0.1) is 0 Å². The Balaban J connectivity index is 2.33. The second-order valence-corrected chi connectivity index (χ2v) is 9.50. The van der Waals surface area contributed by atoms with E-state index in [0.717, 1.165) is 5.56 Å². The first-order valence-electron chi connectivity index (χ1n) is 9.80. The molecule has 0 aromatic heterocycles. The van der Waals surface area contributed by atoms with E-state index in [0.29, 0.717) is 27.1 Å². The van der Waals surface area contributed by atoms with Crippen LogP contribution < -0.4 is 5.32 Å². The second kappa shape index (κ2) is 10.5. The molecule has 162 valence electrons. The van der Waals surface area contributed by atoms with Gasteiger partial charge in [-0.2, -0.15) is 0 Å². The van der Waals surface area contributed by atoms with Gasteiger partial charge < -0.3 is 10.2 Å². The van der Waals surface area contributed by atoms with E-state index in [1.807, 2.05) is 39.8 Å². The molecule has 7 heteroatoms. The van der Waals surface area contributed by atoms with E-state index in [1.54, 1.807) is 35.2 Å². The lowest BCUT2D eigenvalue weighted by molar-refractivity contribution is -0.141. The van der Waals surface area contributed by atoms with Gasteiger partial charge in [-0.25, -0.2) is 0 Å². The summed E-state index contributed by atoms with van der Waals surface area (Å²) < 4.78 is 0. The maximum atomic E-state index is 13.3. The summed E-state index contributed by atoms with van der Waals surface area (Å²) in [5.74, 6) is -0.375. The minimum absolute atomic E-state index is 0.0723. The fourth-order valence-electron chi connectivity index (χ4n) is 3.09. The molecule has 0 heterocycles. The van der Waals surface area contributed by atoms with Crippen LogP contribution in [0.15, 0.2) is 42.5 Å². The minimum atomic E-state index is -0.613. The summed E-state index contributed by atoms with van der Waals surface area (Å²) in [6, 6.07) is 11.7. The minimum Gasteiger partial charge on any atom is -0.350 e. The molecular weight excluding hydrogens is 443 g/mol. The molecule has 0 spiro atoms. The van der Waals surface area contributed by atoms with Gasteiger partial charge in [-0.05, 0) is 62.6 Å². The van der Waals surface area contributed by atoms with Gasteiger partial charge in [0.25, 0.3) is 0 Å². The number of halogens is 3. The molecule has 2 aromatic rings. The number of amides is 2. The highest BCUT2D eigenvalue weighted by Crippen LogP contribution is 2.23. The van der Waals surface area contributed by atoms with E-state index in [4.69, 9.17) is 34.8 Å². The zero-order chi connectivity index (χ0) is 22.5. The molecule has 0 saturated heterocycles. The fourth-order valence-corrected chi connectivity index (χ4v) is 3.69. The zero-order valence-electron chi connectivity index (χ0n) is 17.6. The van der Waals surface area contributed by atoms with Crippen LogP contribution in [0.3, 0.4) is 0 Å². The first-order valence-corrected chi connectivity index (χ1v) is 10.9.